The monoisotopic (exact) mass is 557 g/mol. The van der Waals surface area contributed by atoms with Gasteiger partial charge < -0.3 is 0 Å². The molecule has 168 valence electrons. The molecule has 3 nitrogen and oxygen atoms in total. The number of anilines is 1. The van der Waals surface area contributed by atoms with E-state index in [1.165, 1.54) is 21.6 Å². The minimum Gasteiger partial charge on any atom is -0.274 e. The van der Waals surface area contributed by atoms with Gasteiger partial charge >= 0.3 is 0 Å². The van der Waals surface area contributed by atoms with Gasteiger partial charge in [0.1, 0.15) is 0 Å². The molecule has 2 aliphatic carbocycles. The van der Waals surface area contributed by atoms with Crippen LogP contribution >= 0.6 is 22.6 Å². The third-order valence-corrected chi connectivity index (χ3v) is 8.19. The molecule has 1 heterocycles. The quantitative estimate of drug-likeness (QED) is 0.215. The van der Waals surface area contributed by atoms with Crippen molar-refractivity contribution in [2.75, 3.05) is 4.90 Å². The molecule has 0 aromatic heterocycles. The Labute approximate surface area is 213 Å². The number of carbonyl (C=O) groups excluding carboxylic acids is 2. The van der Waals surface area contributed by atoms with E-state index < -0.39 is 0 Å². The standard InChI is InChI=1S/C30H24INO2/c1-17-3-7-19(8-4-17)25(20-9-5-18(2)6-10-20)26-23-15-16-24(26)28-27(23)29(33)32(30(28)34)22-13-11-21(31)12-14-22/h3-16,23-24,27-28H,1-2H3/t23-,24-,27+,28+/m1/s1. The lowest BCUT2D eigenvalue weighted by Gasteiger charge is -2.22. The number of carbonyl (C=O) groups is 2. The molecule has 1 saturated heterocycles. The molecule has 0 spiro atoms. The Hall–Kier alpha value is -2.99. The van der Waals surface area contributed by atoms with Crippen LogP contribution in [0.2, 0.25) is 0 Å². The predicted molar refractivity (Wildman–Crippen MR) is 143 cm³/mol. The van der Waals surface area contributed by atoms with Gasteiger partial charge in [-0.25, -0.2) is 4.90 Å². The molecule has 3 aliphatic rings. The number of amides is 2. The fraction of sp³-hybridized carbons (Fsp3) is 0.200. The van der Waals surface area contributed by atoms with Crippen molar-refractivity contribution in [3.05, 3.63) is 116 Å². The second kappa shape index (κ2) is 8.05. The average Bonchev–Trinajstić information content (AvgIpc) is 3.47. The van der Waals surface area contributed by atoms with Crippen LogP contribution in [0.15, 0.2) is 90.5 Å². The van der Waals surface area contributed by atoms with Crippen LogP contribution in [0, 0.1) is 41.1 Å². The minimum atomic E-state index is -0.331. The summed E-state index contributed by atoms with van der Waals surface area (Å²) in [4.78, 5) is 28.7. The van der Waals surface area contributed by atoms with Crippen molar-refractivity contribution in [3.8, 4) is 0 Å². The summed E-state index contributed by atoms with van der Waals surface area (Å²) in [5.41, 5.74) is 7.74. The highest BCUT2D eigenvalue weighted by Crippen LogP contribution is 2.58. The molecule has 6 rings (SSSR count). The van der Waals surface area contributed by atoms with Gasteiger partial charge in [-0.1, -0.05) is 71.8 Å². The van der Waals surface area contributed by atoms with E-state index in [2.05, 4.69) is 97.1 Å². The van der Waals surface area contributed by atoms with Crippen LogP contribution in [-0.2, 0) is 9.59 Å². The summed E-state index contributed by atoms with van der Waals surface area (Å²) in [6.45, 7) is 4.18. The summed E-state index contributed by atoms with van der Waals surface area (Å²) in [5, 5.41) is 0. The van der Waals surface area contributed by atoms with Crippen molar-refractivity contribution in [2.45, 2.75) is 13.8 Å². The van der Waals surface area contributed by atoms with Crippen molar-refractivity contribution >= 4 is 45.7 Å². The van der Waals surface area contributed by atoms with Gasteiger partial charge in [-0.15, -0.1) is 0 Å². The molecule has 34 heavy (non-hydrogen) atoms. The zero-order valence-corrected chi connectivity index (χ0v) is 21.2. The van der Waals surface area contributed by atoms with E-state index in [1.54, 1.807) is 0 Å². The fourth-order valence-electron chi connectivity index (χ4n) is 5.88. The molecular weight excluding hydrogens is 533 g/mol. The first-order valence-corrected chi connectivity index (χ1v) is 12.7. The molecule has 4 heteroatoms. The lowest BCUT2D eigenvalue weighted by Crippen LogP contribution is -2.33. The molecule has 2 fully saturated rings. The van der Waals surface area contributed by atoms with E-state index in [4.69, 9.17) is 0 Å². The molecule has 2 bridgehead atoms. The molecule has 1 aliphatic heterocycles. The highest BCUT2D eigenvalue weighted by Gasteiger charge is 2.62. The number of fused-ring (bicyclic) bond motifs is 5. The zero-order chi connectivity index (χ0) is 23.6. The van der Waals surface area contributed by atoms with Crippen molar-refractivity contribution < 1.29 is 9.59 Å². The molecule has 0 N–H and O–H groups in total. The number of aryl methyl sites for hydroxylation is 2. The zero-order valence-electron chi connectivity index (χ0n) is 19.0. The molecule has 2 amide bonds. The van der Waals surface area contributed by atoms with Gasteiger partial charge in [0.25, 0.3) is 0 Å². The van der Waals surface area contributed by atoms with Gasteiger partial charge in [-0.3, -0.25) is 9.59 Å². The first-order valence-electron chi connectivity index (χ1n) is 11.6. The third-order valence-electron chi connectivity index (χ3n) is 7.47. The van der Waals surface area contributed by atoms with Crippen LogP contribution in [0.1, 0.15) is 22.3 Å². The van der Waals surface area contributed by atoms with Crippen LogP contribution in [0.3, 0.4) is 0 Å². The molecule has 0 radical (unpaired) electrons. The summed E-state index contributed by atoms with van der Waals surface area (Å²) in [6.07, 6.45) is 4.32. The summed E-state index contributed by atoms with van der Waals surface area (Å²) in [7, 11) is 0. The van der Waals surface area contributed by atoms with Crippen LogP contribution in [0.25, 0.3) is 5.57 Å². The maximum absolute atomic E-state index is 13.6. The predicted octanol–water partition coefficient (Wildman–Crippen LogP) is 6.33. The Morgan fingerprint density at radius 3 is 1.56 bits per heavy atom. The van der Waals surface area contributed by atoms with E-state index >= 15 is 0 Å². The maximum Gasteiger partial charge on any atom is 0.238 e. The normalized spacial score (nSPS) is 24.8. The highest BCUT2D eigenvalue weighted by atomic mass is 127. The lowest BCUT2D eigenvalue weighted by molar-refractivity contribution is -0.122. The number of halogens is 1. The van der Waals surface area contributed by atoms with Crippen LogP contribution in [-0.4, -0.2) is 11.8 Å². The molecule has 4 atom stereocenters. The van der Waals surface area contributed by atoms with E-state index in [9.17, 15) is 9.59 Å². The number of rotatable bonds is 3. The van der Waals surface area contributed by atoms with Gasteiger partial charge in [-0.2, -0.15) is 0 Å². The van der Waals surface area contributed by atoms with Crippen LogP contribution in [0.4, 0.5) is 5.69 Å². The topological polar surface area (TPSA) is 37.4 Å². The third kappa shape index (κ3) is 3.22. The molecular formula is C30H24INO2. The van der Waals surface area contributed by atoms with Crippen molar-refractivity contribution in [1.82, 2.24) is 0 Å². The van der Waals surface area contributed by atoms with Gasteiger partial charge in [0.05, 0.1) is 17.5 Å². The SMILES string of the molecule is Cc1ccc(C(=C2[C@H]3C=C[C@H]2[C@@H]2C(=O)N(c4ccc(I)cc4)C(=O)[C@H]23)c2ccc(C)cc2)cc1. The van der Waals surface area contributed by atoms with Gasteiger partial charge in [-0.05, 0) is 83.0 Å². The summed E-state index contributed by atoms with van der Waals surface area (Å²) < 4.78 is 1.08. The fourth-order valence-corrected chi connectivity index (χ4v) is 6.24. The van der Waals surface area contributed by atoms with E-state index in [1.807, 2.05) is 24.3 Å². The molecule has 1 saturated carbocycles. The van der Waals surface area contributed by atoms with Gasteiger partial charge in [0.15, 0.2) is 0 Å². The Kier molecular flexibility index (Phi) is 5.10. The first-order chi connectivity index (χ1) is 16.4. The summed E-state index contributed by atoms with van der Waals surface area (Å²) in [6, 6.07) is 24.8. The van der Waals surface area contributed by atoms with E-state index in [-0.39, 0.29) is 35.5 Å². The molecule has 0 unspecified atom stereocenters. The number of nitrogens with zero attached hydrogens (tertiary/aromatic N) is 1. The Morgan fingerprint density at radius 2 is 1.12 bits per heavy atom. The second-order valence-corrected chi connectivity index (χ2v) is 10.8. The summed E-state index contributed by atoms with van der Waals surface area (Å²) in [5.74, 6) is -0.920. The Balaban J connectivity index is 1.48. The van der Waals surface area contributed by atoms with Crippen molar-refractivity contribution in [2.24, 2.45) is 23.7 Å². The number of benzene rings is 3. The molecule has 3 aromatic carbocycles. The Bertz CT molecular complexity index is 1290. The van der Waals surface area contributed by atoms with Crippen molar-refractivity contribution in [1.29, 1.82) is 0 Å². The largest absolute Gasteiger partial charge is 0.274 e. The maximum atomic E-state index is 13.6. The number of allylic oxidation sites excluding steroid dienone is 3. The van der Waals surface area contributed by atoms with Crippen LogP contribution < -0.4 is 4.90 Å². The number of hydrogen-bond donors (Lipinski definition) is 0. The first kappa shape index (κ1) is 21.5. The average molecular weight is 557 g/mol. The number of hydrogen-bond acceptors (Lipinski definition) is 2. The van der Waals surface area contributed by atoms with Gasteiger partial charge in [0, 0.05) is 15.4 Å². The van der Waals surface area contributed by atoms with E-state index in [0.29, 0.717) is 5.69 Å². The lowest BCUT2D eigenvalue weighted by atomic mass is 9.85. The smallest absolute Gasteiger partial charge is 0.238 e. The summed E-state index contributed by atoms with van der Waals surface area (Å²) >= 11 is 2.23. The number of imide groups is 1. The van der Waals surface area contributed by atoms with E-state index in [0.717, 1.165) is 20.3 Å². The van der Waals surface area contributed by atoms with Crippen LogP contribution in [0.5, 0.6) is 0 Å². The molecule has 3 aromatic rings. The minimum absolute atomic E-state index is 0.0575. The Morgan fingerprint density at radius 1 is 0.676 bits per heavy atom. The van der Waals surface area contributed by atoms with Crippen molar-refractivity contribution in [3.63, 3.8) is 0 Å². The van der Waals surface area contributed by atoms with Gasteiger partial charge in [0.2, 0.25) is 11.8 Å². The second-order valence-electron chi connectivity index (χ2n) is 9.54. The highest BCUT2D eigenvalue weighted by molar-refractivity contribution is 14.1.